The molecule has 5 nitrogen and oxygen atoms in total. The molecule has 2 aromatic rings. The first-order valence-corrected chi connectivity index (χ1v) is 8.71. The Morgan fingerprint density at radius 2 is 2.18 bits per heavy atom. The van der Waals surface area contributed by atoms with Crippen LogP contribution in [0.4, 0.5) is 5.69 Å². The van der Waals surface area contributed by atoms with Crippen LogP contribution in [-0.4, -0.2) is 39.7 Å². The van der Waals surface area contributed by atoms with Crippen LogP contribution in [0.2, 0.25) is 10.2 Å². The van der Waals surface area contributed by atoms with Gasteiger partial charge in [0.15, 0.2) is 5.15 Å². The van der Waals surface area contributed by atoms with E-state index in [1.165, 1.54) is 11.1 Å². The summed E-state index contributed by atoms with van der Waals surface area (Å²) in [6, 6.07) is 1.72. The van der Waals surface area contributed by atoms with Crippen molar-refractivity contribution in [3.8, 4) is 5.69 Å². The molecule has 0 spiro atoms. The highest BCUT2D eigenvalue weighted by Gasteiger charge is 2.22. The monoisotopic (exact) mass is 358 g/mol. The van der Waals surface area contributed by atoms with Crippen molar-refractivity contribution in [2.45, 2.75) is 6.92 Å². The van der Waals surface area contributed by atoms with Gasteiger partial charge in [-0.3, -0.25) is 9.78 Å². The Kier molecular flexibility index (Phi) is 5.72. The molecular formula is C14H16Cl2N4OS. The summed E-state index contributed by atoms with van der Waals surface area (Å²) >= 11 is 13.7. The van der Waals surface area contributed by atoms with Gasteiger partial charge in [0.2, 0.25) is 5.91 Å². The second kappa shape index (κ2) is 7.35. The molecule has 2 rings (SSSR count). The highest BCUT2D eigenvalue weighted by molar-refractivity contribution is 7.98. The maximum absolute atomic E-state index is 12.4. The molecule has 22 heavy (non-hydrogen) atoms. The van der Waals surface area contributed by atoms with Crippen molar-refractivity contribution in [2.75, 3.05) is 24.0 Å². The number of nitrogens with zero attached hydrogens (tertiary/aromatic N) is 4. The summed E-state index contributed by atoms with van der Waals surface area (Å²) in [6.45, 7) is 1.90. The van der Waals surface area contributed by atoms with E-state index in [0.29, 0.717) is 16.4 Å². The standard InChI is InChI=1S/C14H16Cl2N4OS/c1-9(8-22-3)14(21)19(2)12-7-20(18-13(12)16)11-4-10(15)5-17-6-11/h4-7,9H,8H2,1-3H3. The van der Waals surface area contributed by atoms with Crippen molar-refractivity contribution in [3.63, 3.8) is 0 Å². The molecule has 2 heterocycles. The number of thioether (sulfide) groups is 1. The van der Waals surface area contributed by atoms with Crippen LogP contribution in [0.3, 0.4) is 0 Å². The SMILES string of the molecule is CSCC(C)C(=O)N(C)c1cn(-c2cncc(Cl)c2)nc1Cl. The molecule has 118 valence electrons. The summed E-state index contributed by atoms with van der Waals surface area (Å²) < 4.78 is 1.56. The van der Waals surface area contributed by atoms with E-state index < -0.39 is 0 Å². The molecule has 0 fully saturated rings. The number of carbonyl (C=O) groups excluding carboxylic acids is 1. The van der Waals surface area contributed by atoms with Gasteiger partial charge in [-0.15, -0.1) is 0 Å². The van der Waals surface area contributed by atoms with Gasteiger partial charge in [0.1, 0.15) is 5.69 Å². The van der Waals surface area contributed by atoms with Gasteiger partial charge in [-0.25, -0.2) is 4.68 Å². The Labute approximate surface area is 143 Å². The number of hydrogen-bond acceptors (Lipinski definition) is 4. The summed E-state index contributed by atoms with van der Waals surface area (Å²) in [6.07, 6.45) is 6.83. The fourth-order valence-corrected chi connectivity index (χ4v) is 3.07. The smallest absolute Gasteiger partial charge is 0.230 e. The summed E-state index contributed by atoms with van der Waals surface area (Å²) in [5.41, 5.74) is 1.23. The number of amides is 1. The van der Waals surface area contributed by atoms with E-state index in [4.69, 9.17) is 23.2 Å². The minimum Gasteiger partial charge on any atom is -0.311 e. The number of anilines is 1. The fraction of sp³-hybridized carbons (Fsp3) is 0.357. The molecule has 0 aromatic carbocycles. The lowest BCUT2D eigenvalue weighted by Gasteiger charge is -2.19. The van der Waals surface area contributed by atoms with Crippen LogP contribution in [-0.2, 0) is 4.79 Å². The molecule has 0 bridgehead atoms. The van der Waals surface area contributed by atoms with Gasteiger partial charge in [0, 0.05) is 24.9 Å². The van der Waals surface area contributed by atoms with Crippen molar-refractivity contribution in [1.29, 1.82) is 0 Å². The zero-order valence-electron chi connectivity index (χ0n) is 12.5. The minimum atomic E-state index is -0.0905. The zero-order chi connectivity index (χ0) is 16.3. The van der Waals surface area contributed by atoms with Gasteiger partial charge in [-0.1, -0.05) is 30.1 Å². The molecule has 0 N–H and O–H groups in total. The van der Waals surface area contributed by atoms with Crippen molar-refractivity contribution in [1.82, 2.24) is 14.8 Å². The van der Waals surface area contributed by atoms with Crippen LogP contribution in [0.25, 0.3) is 5.69 Å². The van der Waals surface area contributed by atoms with E-state index >= 15 is 0 Å². The number of halogens is 2. The molecule has 0 aliphatic carbocycles. The van der Waals surface area contributed by atoms with E-state index in [0.717, 1.165) is 5.75 Å². The summed E-state index contributed by atoms with van der Waals surface area (Å²) in [5.74, 6) is 0.667. The Balaban J connectivity index is 2.28. The van der Waals surface area contributed by atoms with E-state index in [9.17, 15) is 4.79 Å². The normalized spacial score (nSPS) is 12.2. The van der Waals surface area contributed by atoms with Crippen LogP contribution < -0.4 is 4.90 Å². The van der Waals surface area contributed by atoms with Crippen molar-refractivity contribution in [2.24, 2.45) is 5.92 Å². The van der Waals surface area contributed by atoms with E-state index in [2.05, 4.69) is 10.1 Å². The summed E-state index contributed by atoms with van der Waals surface area (Å²) in [4.78, 5) is 17.9. The fourth-order valence-electron chi connectivity index (χ4n) is 2.00. The second-order valence-electron chi connectivity index (χ2n) is 4.86. The van der Waals surface area contributed by atoms with Gasteiger partial charge in [0.25, 0.3) is 0 Å². The minimum absolute atomic E-state index is 0.0000177. The lowest BCUT2D eigenvalue weighted by molar-refractivity contribution is -0.120. The third-order valence-electron chi connectivity index (χ3n) is 3.14. The predicted octanol–water partition coefficient (Wildman–Crippen LogP) is 3.54. The first-order valence-electron chi connectivity index (χ1n) is 6.56. The van der Waals surface area contributed by atoms with Crippen molar-refractivity contribution in [3.05, 3.63) is 34.8 Å². The Bertz CT molecular complexity index is 677. The average molecular weight is 359 g/mol. The molecule has 0 aliphatic rings. The average Bonchev–Trinajstić information content (AvgIpc) is 2.88. The van der Waals surface area contributed by atoms with Crippen LogP contribution in [0.15, 0.2) is 24.7 Å². The molecule has 1 atom stereocenters. The number of aromatic nitrogens is 3. The lowest BCUT2D eigenvalue weighted by Crippen LogP contribution is -2.32. The molecule has 2 aromatic heterocycles. The number of hydrogen-bond donors (Lipinski definition) is 0. The van der Waals surface area contributed by atoms with Gasteiger partial charge in [0.05, 0.1) is 23.1 Å². The third-order valence-corrected chi connectivity index (χ3v) is 4.45. The maximum atomic E-state index is 12.4. The Morgan fingerprint density at radius 1 is 1.45 bits per heavy atom. The van der Waals surface area contributed by atoms with Gasteiger partial charge in [-0.05, 0) is 12.3 Å². The van der Waals surface area contributed by atoms with Crippen LogP contribution in [0.5, 0.6) is 0 Å². The summed E-state index contributed by atoms with van der Waals surface area (Å²) in [7, 11) is 1.70. The van der Waals surface area contributed by atoms with Gasteiger partial charge >= 0.3 is 0 Å². The molecule has 0 aliphatic heterocycles. The zero-order valence-corrected chi connectivity index (χ0v) is 14.8. The van der Waals surface area contributed by atoms with E-state index in [1.807, 2.05) is 13.2 Å². The molecule has 0 saturated heterocycles. The second-order valence-corrected chi connectivity index (χ2v) is 6.57. The largest absolute Gasteiger partial charge is 0.311 e. The maximum Gasteiger partial charge on any atom is 0.230 e. The molecule has 0 radical (unpaired) electrons. The molecule has 0 saturated carbocycles. The summed E-state index contributed by atoms with van der Waals surface area (Å²) in [5, 5.41) is 4.98. The predicted molar refractivity (Wildman–Crippen MR) is 92.3 cm³/mol. The highest BCUT2D eigenvalue weighted by atomic mass is 35.5. The number of rotatable bonds is 5. The van der Waals surface area contributed by atoms with E-state index in [-0.39, 0.29) is 17.0 Å². The lowest BCUT2D eigenvalue weighted by atomic mass is 10.2. The number of carbonyl (C=O) groups is 1. The first kappa shape index (κ1) is 17.1. The van der Waals surface area contributed by atoms with Crippen molar-refractivity contribution < 1.29 is 4.79 Å². The third kappa shape index (κ3) is 3.74. The topological polar surface area (TPSA) is 51.0 Å². The molecule has 1 unspecified atom stereocenters. The van der Waals surface area contributed by atoms with Crippen LogP contribution in [0.1, 0.15) is 6.92 Å². The first-order chi connectivity index (χ1) is 10.4. The van der Waals surface area contributed by atoms with E-state index in [1.54, 1.807) is 42.0 Å². The quantitative estimate of drug-likeness (QED) is 0.820. The highest BCUT2D eigenvalue weighted by Crippen LogP contribution is 2.27. The van der Waals surface area contributed by atoms with Gasteiger partial charge in [-0.2, -0.15) is 16.9 Å². The molecular weight excluding hydrogens is 343 g/mol. The Morgan fingerprint density at radius 3 is 2.82 bits per heavy atom. The van der Waals surface area contributed by atoms with Crippen LogP contribution in [0, 0.1) is 5.92 Å². The number of pyridine rings is 1. The van der Waals surface area contributed by atoms with Crippen LogP contribution >= 0.6 is 35.0 Å². The molecule has 8 heteroatoms. The van der Waals surface area contributed by atoms with Gasteiger partial charge < -0.3 is 4.90 Å². The van der Waals surface area contributed by atoms with Crippen molar-refractivity contribution >= 4 is 46.6 Å². The molecule has 1 amide bonds. The Hall–Kier alpha value is -1.24.